The molecule has 0 bridgehead atoms. The van der Waals surface area contributed by atoms with Crippen LogP contribution in [-0.2, 0) is 0 Å². The fraction of sp³-hybridized carbons (Fsp3) is 0.500. The van der Waals surface area contributed by atoms with Crippen molar-refractivity contribution >= 4 is 15.9 Å². The van der Waals surface area contributed by atoms with Gasteiger partial charge in [0.05, 0.1) is 6.61 Å². The lowest BCUT2D eigenvalue weighted by Gasteiger charge is -2.19. The average molecular weight is 272 g/mol. The van der Waals surface area contributed by atoms with Crippen LogP contribution in [0.5, 0.6) is 0 Å². The number of nitrogens with one attached hydrogen (secondary N) is 1. The molecule has 84 valence electrons. The van der Waals surface area contributed by atoms with E-state index in [1.54, 1.807) is 0 Å². The first kappa shape index (κ1) is 12.7. The SMILES string of the molecule is Cc1cc(C(C)N[C@H](C)CO)ccc1Br. The van der Waals surface area contributed by atoms with Crippen molar-refractivity contribution in [3.8, 4) is 0 Å². The molecule has 0 aromatic heterocycles. The summed E-state index contributed by atoms with van der Waals surface area (Å²) < 4.78 is 1.13. The summed E-state index contributed by atoms with van der Waals surface area (Å²) in [6.45, 7) is 6.33. The van der Waals surface area contributed by atoms with E-state index in [1.165, 1.54) is 11.1 Å². The fourth-order valence-corrected chi connectivity index (χ4v) is 1.76. The van der Waals surface area contributed by atoms with Crippen molar-refractivity contribution in [3.63, 3.8) is 0 Å². The Bertz CT molecular complexity index is 327. The van der Waals surface area contributed by atoms with Gasteiger partial charge in [0.2, 0.25) is 0 Å². The van der Waals surface area contributed by atoms with Crippen molar-refractivity contribution < 1.29 is 5.11 Å². The van der Waals surface area contributed by atoms with Gasteiger partial charge in [0.25, 0.3) is 0 Å². The van der Waals surface area contributed by atoms with Crippen LogP contribution in [0.4, 0.5) is 0 Å². The van der Waals surface area contributed by atoms with Crippen LogP contribution in [0.25, 0.3) is 0 Å². The van der Waals surface area contributed by atoms with E-state index in [1.807, 2.05) is 6.92 Å². The lowest BCUT2D eigenvalue weighted by molar-refractivity contribution is 0.243. The van der Waals surface area contributed by atoms with Gasteiger partial charge in [-0.3, -0.25) is 0 Å². The number of benzene rings is 1. The van der Waals surface area contributed by atoms with Crippen molar-refractivity contribution in [3.05, 3.63) is 33.8 Å². The van der Waals surface area contributed by atoms with Gasteiger partial charge in [0.15, 0.2) is 0 Å². The summed E-state index contributed by atoms with van der Waals surface area (Å²) in [4.78, 5) is 0. The summed E-state index contributed by atoms with van der Waals surface area (Å²) in [5, 5.41) is 12.3. The van der Waals surface area contributed by atoms with E-state index in [2.05, 4.69) is 53.3 Å². The molecule has 1 rings (SSSR count). The lowest BCUT2D eigenvalue weighted by atomic mass is 10.1. The number of rotatable bonds is 4. The number of aliphatic hydroxyl groups excluding tert-OH is 1. The molecule has 0 aliphatic rings. The molecule has 0 heterocycles. The van der Waals surface area contributed by atoms with Gasteiger partial charge < -0.3 is 10.4 Å². The number of halogens is 1. The maximum absolute atomic E-state index is 8.96. The Kier molecular flexibility index (Phi) is 4.77. The molecule has 0 radical (unpaired) electrons. The normalized spacial score (nSPS) is 15.0. The van der Waals surface area contributed by atoms with Crippen LogP contribution < -0.4 is 5.32 Å². The Hall–Kier alpha value is -0.380. The van der Waals surface area contributed by atoms with E-state index in [9.17, 15) is 0 Å². The van der Waals surface area contributed by atoms with Crippen LogP contribution in [0.3, 0.4) is 0 Å². The standard InChI is InChI=1S/C12H18BrNO/c1-8-6-11(4-5-12(8)13)10(3)14-9(2)7-15/h4-6,9-10,14-15H,7H2,1-3H3/t9-,10?/m1/s1. The molecule has 0 fully saturated rings. The van der Waals surface area contributed by atoms with Gasteiger partial charge in [-0.1, -0.05) is 28.1 Å². The zero-order valence-corrected chi connectivity index (χ0v) is 11.0. The quantitative estimate of drug-likeness (QED) is 0.883. The molecular weight excluding hydrogens is 254 g/mol. The summed E-state index contributed by atoms with van der Waals surface area (Å²) in [5.74, 6) is 0. The summed E-state index contributed by atoms with van der Waals surface area (Å²) in [6, 6.07) is 6.71. The highest BCUT2D eigenvalue weighted by molar-refractivity contribution is 9.10. The topological polar surface area (TPSA) is 32.3 Å². The number of hydrogen-bond acceptors (Lipinski definition) is 2. The maximum atomic E-state index is 8.96. The van der Waals surface area contributed by atoms with Gasteiger partial charge in [0, 0.05) is 16.6 Å². The molecule has 0 saturated heterocycles. The molecule has 0 amide bonds. The van der Waals surface area contributed by atoms with Gasteiger partial charge in [-0.05, 0) is 38.0 Å². The molecule has 1 aromatic rings. The summed E-state index contributed by atoms with van der Waals surface area (Å²) in [5.41, 5.74) is 2.48. The van der Waals surface area contributed by atoms with Crippen molar-refractivity contribution in [2.75, 3.05) is 6.61 Å². The molecule has 1 aromatic carbocycles. The summed E-state index contributed by atoms with van der Waals surface area (Å²) in [6.07, 6.45) is 0. The first-order valence-electron chi connectivity index (χ1n) is 5.17. The molecular formula is C12H18BrNO. The van der Waals surface area contributed by atoms with Gasteiger partial charge in [0.1, 0.15) is 0 Å². The van der Waals surface area contributed by atoms with Crippen LogP contribution >= 0.6 is 15.9 Å². The van der Waals surface area contributed by atoms with Crippen molar-refractivity contribution in [1.29, 1.82) is 0 Å². The minimum atomic E-state index is 0.129. The van der Waals surface area contributed by atoms with E-state index in [0.717, 1.165) is 4.47 Å². The monoisotopic (exact) mass is 271 g/mol. The van der Waals surface area contributed by atoms with Crippen LogP contribution in [0, 0.1) is 6.92 Å². The Morgan fingerprint density at radius 2 is 2.07 bits per heavy atom. The van der Waals surface area contributed by atoms with Gasteiger partial charge in [-0.2, -0.15) is 0 Å². The highest BCUT2D eigenvalue weighted by Crippen LogP contribution is 2.21. The maximum Gasteiger partial charge on any atom is 0.0582 e. The van der Waals surface area contributed by atoms with E-state index in [0.29, 0.717) is 0 Å². The Balaban J connectivity index is 2.73. The molecule has 0 aliphatic heterocycles. The zero-order chi connectivity index (χ0) is 11.4. The molecule has 2 nitrogen and oxygen atoms in total. The third kappa shape index (κ3) is 3.59. The number of hydrogen-bond donors (Lipinski definition) is 2. The van der Waals surface area contributed by atoms with Gasteiger partial charge in [-0.15, -0.1) is 0 Å². The summed E-state index contributed by atoms with van der Waals surface area (Å²) in [7, 11) is 0. The average Bonchev–Trinajstić information content (AvgIpc) is 2.21. The predicted octanol–water partition coefficient (Wildman–Crippen LogP) is 2.79. The van der Waals surface area contributed by atoms with E-state index < -0.39 is 0 Å². The number of aryl methyl sites for hydroxylation is 1. The molecule has 2 N–H and O–H groups in total. The third-order valence-corrected chi connectivity index (χ3v) is 3.38. The highest BCUT2D eigenvalue weighted by atomic mass is 79.9. The van der Waals surface area contributed by atoms with Crippen molar-refractivity contribution in [2.45, 2.75) is 32.9 Å². The minimum Gasteiger partial charge on any atom is -0.395 e. The van der Waals surface area contributed by atoms with Gasteiger partial charge >= 0.3 is 0 Å². The Morgan fingerprint density at radius 3 is 2.60 bits per heavy atom. The molecule has 0 saturated carbocycles. The molecule has 2 atom stereocenters. The largest absolute Gasteiger partial charge is 0.395 e. The zero-order valence-electron chi connectivity index (χ0n) is 9.42. The van der Waals surface area contributed by atoms with Crippen molar-refractivity contribution in [2.24, 2.45) is 0 Å². The summed E-state index contributed by atoms with van der Waals surface area (Å²) >= 11 is 3.48. The van der Waals surface area contributed by atoms with E-state index >= 15 is 0 Å². The Labute approximate surface area is 99.8 Å². The van der Waals surface area contributed by atoms with Crippen LogP contribution in [0.1, 0.15) is 31.0 Å². The molecule has 1 unspecified atom stereocenters. The van der Waals surface area contributed by atoms with Crippen LogP contribution in [0.2, 0.25) is 0 Å². The number of aliphatic hydroxyl groups is 1. The second kappa shape index (κ2) is 5.64. The van der Waals surface area contributed by atoms with Crippen molar-refractivity contribution in [1.82, 2.24) is 5.32 Å². The van der Waals surface area contributed by atoms with Crippen LogP contribution in [-0.4, -0.2) is 17.8 Å². The lowest BCUT2D eigenvalue weighted by Crippen LogP contribution is -2.31. The first-order valence-corrected chi connectivity index (χ1v) is 5.97. The van der Waals surface area contributed by atoms with E-state index in [4.69, 9.17) is 5.11 Å². The fourth-order valence-electron chi connectivity index (χ4n) is 1.51. The molecule has 0 spiro atoms. The minimum absolute atomic E-state index is 0.129. The van der Waals surface area contributed by atoms with Gasteiger partial charge in [-0.25, -0.2) is 0 Å². The second-order valence-electron chi connectivity index (χ2n) is 3.98. The van der Waals surface area contributed by atoms with E-state index in [-0.39, 0.29) is 18.7 Å². The first-order chi connectivity index (χ1) is 7.04. The molecule has 0 aliphatic carbocycles. The third-order valence-electron chi connectivity index (χ3n) is 2.49. The van der Waals surface area contributed by atoms with Crippen LogP contribution in [0.15, 0.2) is 22.7 Å². The highest BCUT2D eigenvalue weighted by Gasteiger charge is 2.09. The molecule has 3 heteroatoms. The second-order valence-corrected chi connectivity index (χ2v) is 4.83. The smallest absolute Gasteiger partial charge is 0.0582 e. The molecule has 15 heavy (non-hydrogen) atoms. The predicted molar refractivity (Wildman–Crippen MR) is 67.0 cm³/mol. The Morgan fingerprint density at radius 1 is 1.40 bits per heavy atom.